The molecule has 0 saturated heterocycles. The maximum atomic E-state index is 11.7. The van der Waals surface area contributed by atoms with Gasteiger partial charge < -0.3 is 10.7 Å². The van der Waals surface area contributed by atoms with Gasteiger partial charge in [-0.25, -0.2) is 4.79 Å². The SMILES string of the molecule is Nc1[nH]ncc1-c1ccccc1-n1cc[nH]c1=O. The molecule has 0 aliphatic heterocycles. The molecule has 0 unspecified atom stereocenters. The maximum Gasteiger partial charge on any atom is 0.330 e. The first-order valence-electron chi connectivity index (χ1n) is 5.42. The van der Waals surface area contributed by atoms with Gasteiger partial charge in [-0.3, -0.25) is 9.67 Å². The van der Waals surface area contributed by atoms with Gasteiger partial charge in [-0.1, -0.05) is 18.2 Å². The molecule has 18 heavy (non-hydrogen) atoms. The van der Waals surface area contributed by atoms with Gasteiger partial charge in [-0.05, 0) is 6.07 Å². The van der Waals surface area contributed by atoms with Gasteiger partial charge >= 0.3 is 5.69 Å². The summed E-state index contributed by atoms with van der Waals surface area (Å²) in [4.78, 5) is 14.3. The van der Waals surface area contributed by atoms with Crippen LogP contribution in [0.2, 0.25) is 0 Å². The second kappa shape index (κ2) is 3.92. The van der Waals surface area contributed by atoms with Gasteiger partial charge in [0.15, 0.2) is 0 Å². The van der Waals surface area contributed by atoms with Crippen molar-refractivity contribution in [1.82, 2.24) is 19.7 Å². The number of para-hydroxylation sites is 1. The van der Waals surface area contributed by atoms with E-state index < -0.39 is 0 Å². The van der Waals surface area contributed by atoms with E-state index in [1.807, 2.05) is 24.3 Å². The van der Waals surface area contributed by atoms with Crippen LogP contribution in [0.1, 0.15) is 0 Å². The third kappa shape index (κ3) is 1.51. The number of hydrogen-bond acceptors (Lipinski definition) is 3. The summed E-state index contributed by atoms with van der Waals surface area (Å²) in [5, 5.41) is 6.58. The topological polar surface area (TPSA) is 92.5 Å². The van der Waals surface area contributed by atoms with E-state index in [0.29, 0.717) is 5.82 Å². The molecule has 4 N–H and O–H groups in total. The zero-order chi connectivity index (χ0) is 12.5. The van der Waals surface area contributed by atoms with Crippen LogP contribution in [0, 0.1) is 0 Å². The van der Waals surface area contributed by atoms with Gasteiger partial charge in [0.05, 0.1) is 11.9 Å². The maximum absolute atomic E-state index is 11.7. The Morgan fingerprint density at radius 3 is 2.72 bits per heavy atom. The Kier molecular flexibility index (Phi) is 2.26. The van der Waals surface area contributed by atoms with Gasteiger partial charge in [0, 0.05) is 23.5 Å². The average molecular weight is 241 g/mol. The lowest BCUT2D eigenvalue weighted by molar-refractivity contribution is 0.989. The number of rotatable bonds is 2. The van der Waals surface area contributed by atoms with Gasteiger partial charge in [-0.15, -0.1) is 0 Å². The lowest BCUT2D eigenvalue weighted by Gasteiger charge is -2.08. The van der Waals surface area contributed by atoms with Crippen LogP contribution in [0.25, 0.3) is 16.8 Å². The summed E-state index contributed by atoms with van der Waals surface area (Å²) in [6.07, 6.45) is 4.92. The number of H-pyrrole nitrogens is 2. The molecule has 90 valence electrons. The first-order chi connectivity index (χ1) is 8.77. The van der Waals surface area contributed by atoms with Crippen LogP contribution >= 0.6 is 0 Å². The van der Waals surface area contributed by atoms with E-state index in [9.17, 15) is 4.79 Å². The first kappa shape index (κ1) is 10.4. The van der Waals surface area contributed by atoms with E-state index in [2.05, 4.69) is 15.2 Å². The molecule has 0 aliphatic carbocycles. The largest absolute Gasteiger partial charge is 0.384 e. The molecule has 0 amide bonds. The van der Waals surface area contributed by atoms with E-state index in [-0.39, 0.29) is 5.69 Å². The van der Waals surface area contributed by atoms with E-state index in [4.69, 9.17) is 5.73 Å². The minimum Gasteiger partial charge on any atom is -0.384 e. The number of nitrogens with two attached hydrogens (primary N) is 1. The predicted octanol–water partition coefficient (Wildman–Crippen LogP) is 1.14. The molecule has 0 aliphatic rings. The summed E-state index contributed by atoms with van der Waals surface area (Å²) in [5.74, 6) is 0.478. The number of nitrogens with zero attached hydrogens (tertiary/aromatic N) is 2. The highest BCUT2D eigenvalue weighted by atomic mass is 16.1. The van der Waals surface area contributed by atoms with Crippen molar-refractivity contribution in [3.05, 3.63) is 53.3 Å². The summed E-state index contributed by atoms with van der Waals surface area (Å²) in [6.45, 7) is 0. The van der Waals surface area contributed by atoms with Crippen molar-refractivity contribution < 1.29 is 0 Å². The zero-order valence-electron chi connectivity index (χ0n) is 9.42. The van der Waals surface area contributed by atoms with Crippen molar-refractivity contribution in [2.45, 2.75) is 0 Å². The molecule has 3 aromatic rings. The number of aromatic amines is 2. The molecule has 2 aromatic heterocycles. The number of aromatic nitrogens is 4. The van der Waals surface area contributed by atoms with Crippen LogP contribution in [0.5, 0.6) is 0 Å². The number of anilines is 1. The molecule has 6 heteroatoms. The number of nitrogen functional groups attached to an aromatic ring is 1. The van der Waals surface area contributed by atoms with Crippen LogP contribution in [-0.4, -0.2) is 19.7 Å². The minimum absolute atomic E-state index is 0.190. The highest BCUT2D eigenvalue weighted by Crippen LogP contribution is 2.28. The summed E-state index contributed by atoms with van der Waals surface area (Å²) in [5.41, 5.74) is 8.02. The lowest BCUT2D eigenvalue weighted by atomic mass is 10.1. The molecule has 3 rings (SSSR count). The average Bonchev–Trinajstić information content (AvgIpc) is 2.98. The molecule has 1 aromatic carbocycles. The summed E-state index contributed by atoms with van der Waals surface area (Å²) < 4.78 is 1.53. The number of benzene rings is 1. The Morgan fingerprint density at radius 2 is 2.06 bits per heavy atom. The van der Waals surface area contributed by atoms with E-state index in [1.165, 1.54) is 4.57 Å². The van der Waals surface area contributed by atoms with E-state index in [0.717, 1.165) is 16.8 Å². The number of imidazole rings is 1. The zero-order valence-corrected chi connectivity index (χ0v) is 9.42. The highest BCUT2D eigenvalue weighted by molar-refractivity contribution is 5.79. The first-order valence-corrected chi connectivity index (χ1v) is 5.42. The van der Waals surface area contributed by atoms with Gasteiger partial charge in [-0.2, -0.15) is 5.10 Å². The minimum atomic E-state index is -0.190. The van der Waals surface area contributed by atoms with Gasteiger partial charge in [0.2, 0.25) is 0 Å². The van der Waals surface area contributed by atoms with Crippen molar-refractivity contribution in [3.63, 3.8) is 0 Å². The third-order valence-electron chi connectivity index (χ3n) is 2.77. The van der Waals surface area contributed by atoms with Gasteiger partial charge in [0.1, 0.15) is 5.82 Å². The molecule has 6 nitrogen and oxygen atoms in total. The van der Waals surface area contributed by atoms with Crippen molar-refractivity contribution >= 4 is 5.82 Å². The Morgan fingerprint density at radius 1 is 1.22 bits per heavy atom. The Hall–Kier alpha value is -2.76. The van der Waals surface area contributed by atoms with Crippen molar-refractivity contribution in [2.24, 2.45) is 0 Å². The molecule has 0 fully saturated rings. The van der Waals surface area contributed by atoms with Crippen molar-refractivity contribution in [1.29, 1.82) is 0 Å². The van der Waals surface area contributed by atoms with Crippen LogP contribution in [0.3, 0.4) is 0 Å². The molecular formula is C12H11N5O. The van der Waals surface area contributed by atoms with E-state index >= 15 is 0 Å². The molecule has 2 heterocycles. The quantitative estimate of drug-likeness (QED) is 0.628. The smallest absolute Gasteiger partial charge is 0.330 e. The van der Waals surface area contributed by atoms with Crippen LogP contribution < -0.4 is 11.4 Å². The second-order valence-corrected chi connectivity index (χ2v) is 3.85. The molecule has 0 atom stereocenters. The Balaban J connectivity index is 2.27. The van der Waals surface area contributed by atoms with Crippen molar-refractivity contribution in [3.8, 4) is 16.8 Å². The molecule has 0 radical (unpaired) electrons. The van der Waals surface area contributed by atoms with E-state index in [1.54, 1.807) is 18.6 Å². The van der Waals surface area contributed by atoms with Gasteiger partial charge in [0.25, 0.3) is 0 Å². The Bertz CT molecular complexity index is 737. The van der Waals surface area contributed by atoms with Crippen molar-refractivity contribution in [2.75, 3.05) is 5.73 Å². The number of nitrogens with one attached hydrogen (secondary N) is 2. The molecular weight excluding hydrogens is 230 g/mol. The number of hydrogen-bond donors (Lipinski definition) is 3. The Labute approximate surface area is 102 Å². The third-order valence-corrected chi connectivity index (χ3v) is 2.77. The highest BCUT2D eigenvalue weighted by Gasteiger charge is 2.11. The molecule has 0 spiro atoms. The fourth-order valence-corrected chi connectivity index (χ4v) is 1.93. The summed E-state index contributed by atoms with van der Waals surface area (Å²) in [6, 6.07) is 7.52. The fraction of sp³-hybridized carbons (Fsp3) is 0. The van der Waals surface area contributed by atoms with Crippen LogP contribution in [0.4, 0.5) is 5.82 Å². The summed E-state index contributed by atoms with van der Waals surface area (Å²) >= 11 is 0. The monoisotopic (exact) mass is 241 g/mol. The van der Waals surface area contributed by atoms with Crippen LogP contribution in [-0.2, 0) is 0 Å². The van der Waals surface area contributed by atoms with Crippen LogP contribution in [0.15, 0.2) is 47.7 Å². The lowest BCUT2D eigenvalue weighted by Crippen LogP contribution is -2.14. The molecule has 0 bridgehead atoms. The second-order valence-electron chi connectivity index (χ2n) is 3.85. The fourth-order valence-electron chi connectivity index (χ4n) is 1.93. The molecule has 0 saturated carbocycles. The predicted molar refractivity (Wildman–Crippen MR) is 68.4 cm³/mol. The standard InChI is InChI=1S/C12H11N5O/c13-11-9(7-15-16-11)8-3-1-2-4-10(8)17-6-5-14-12(17)18/h1-7H,(H,14,18)(H3,13,15,16). The normalized spacial score (nSPS) is 10.7. The summed E-state index contributed by atoms with van der Waals surface area (Å²) in [7, 11) is 0.